The number of nitrogens with two attached hydrogens (primary N) is 1. The van der Waals surface area contributed by atoms with Gasteiger partial charge < -0.3 is 10.6 Å². The highest BCUT2D eigenvalue weighted by molar-refractivity contribution is 9.10. The molecule has 1 atom stereocenters. The molecular formula is C9H15BrN4. The van der Waals surface area contributed by atoms with Crippen molar-refractivity contribution in [1.82, 2.24) is 9.97 Å². The van der Waals surface area contributed by atoms with E-state index in [-0.39, 0.29) is 0 Å². The van der Waals surface area contributed by atoms with Crippen LogP contribution in [-0.4, -0.2) is 29.6 Å². The summed E-state index contributed by atoms with van der Waals surface area (Å²) in [5.41, 5.74) is 5.51. The quantitative estimate of drug-likeness (QED) is 0.888. The van der Waals surface area contributed by atoms with Crippen molar-refractivity contribution < 1.29 is 0 Å². The van der Waals surface area contributed by atoms with Crippen LogP contribution in [0.25, 0.3) is 0 Å². The fraction of sp³-hybridized carbons (Fsp3) is 0.556. The molecule has 1 aromatic rings. The fourth-order valence-corrected chi connectivity index (χ4v) is 1.71. The van der Waals surface area contributed by atoms with Crippen LogP contribution in [0.3, 0.4) is 0 Å². The van der Waals surface area contributed by atoms with Gasteiger partial charge >= 0.3 is 0 Å². The number of hydrogen-bond donors (Lipinski definition) is 1. The zero-order valence-corrected chi connectivity index (χ0v) is 10.0. The molecule has 1 rings (SSSR count). The molecule has 0 saturated heterocycles. The van der Waals surface area contributed by atoms with Gasteiger partial charge in [-0.2, -0.15) is 0 Å². The molecule has 0 aliphatic rings. The Morgan fingerprint density at radius 2 is 2.36 bits per heavy atom. The average Bonchev–Trinajstić information content (AvgIpc) is 2.18. The van der Waals surface area contributed by atoms with Gasteiger partial charge in [-0.3, -0.25) is 0 Å². The average molecular weight is 259 g/mol. The van der Waals surface area contributed by atoms with Crippen LogP contribution in [0.4, 0.5) is 5.82 Å². The lowest BCUT2D eigenvalue weighted by Gasteiger charge is -2.26. The predicted molar refractivity (Wildman–Crippen MR) is 61.3 cm³/mol. The summed E-state index contributed by atoms with van der Waals surface area (Å²) < 4.78 is 0.909. The first-order valence-electron chi connectivity index (χ1n) is 4.55. The van der Waals surface area contributed by atoms with Crippen LogP contribution >= 0.6 is 15.9 Å². The second-order valence-corrected chi connectivity index (χ2v) is 4.09. The zero-order chi connectivity index (χ0) is 10.6. The molecule has 1 heterocycles. The van der Waals surface area contributed by atoms with Crippen molar-refractivity contribution in [2.75, 3.05) is 18.5 Å². The Bertz CT molecular complexity index is 292. The Hall–Kier alpha value is -0.680. The normalized spacial score (nSPS) is 12.6. The standard InChI is InChI=1S/C9H15BrN4/c1-7(3-4-11)14(2)9-8(10)5-12-6-13-9/h5-7H,3-4,11H2,1-2H3. The van der Waals surface area contributed by atoms with Crippen LogP contribution in [0, 0.1) is 0 Å². The van der Waals surface area contributed by atoms with Gasteiger partial charge in [-0.25, -0.2) is 9.97 Å². The molecule has 14 heavy (non-hydrogen) atoms. The van der Waals surface area contributed by atoms with Gasteiger partial charge in [0.05, 0.1) is 4.47 Å². The van der Waals surface area contributed by atoms with Crippen molar-refractivity contribution in [2.24, 2.45) is 5.73 Å². The molecule has 5 heteroatoms. The van der Waals surface area contributed by atoms with Gasteiger partial charge in [0.2, 0.25) is 0 Å². The second-order valence-electron chi connectivity index (χ2n) is 3.23. The van der Waals surface area contributed by atoms with Gasteiger partial charge in [-0.1, -0.05) is 0 Å². The highest BCUT2D eigenvalue weighted by Crippen LogP contribution is 2.22. The van der Waals surface area contributed by atoms with E-state index in [9.17, 15) is 0 Å². The number of aromatic nitrogens is 2. The van der Waals surface area contributed by atoms with Crippen LogP contribution in [0.15, 0.2) is 17.0 Å². The fourth-order valence-electron chi connectivity index (χ4n) is 1.21. The molecular weight excluding hydrogens is 244 g/mol. The van der Waals surface area contributed by atoms with E-state index in [4.69, 9.17) is 5.73 Å². The molecule has 0 aliphatic carbocycles. The smallest absolute Gasteiger partial charge is 0.146 e. The van der Waals surface area contributed by atoms with Crippen LogP contribution in [-0.2, 0) is 0 Å². The summed E-state index contributed by atoms with van der Waals surface area (Å²) in [6.45, 7) is 2.82. The molecule has 0 amide bonds. The summed E-state index contributed by atoms with van der Waals surface area (Å²) in [6.07, 6.45) is 4.24. The Balaban J connectivity index is 2.78. The molecule has 78 valence electrons. The largest absolute Gasteiger partial charge is 0.356 e. The molecule has 1 aromatic heterocycles. The molecule has 0 saturated carbocycles. The van der Waals surface area contributed by atoms with Crippen LogP contribution in [0.5, 0.6) is 0 Å². The Morgan fingerprint density at radius 3 is 2.93 bits per heavy atom. The van der Waals surface area contributed by atoms with Crippen LogP contribution < -0.4 is 10.6 Å². The molecule has 0 aromatic carbocycles. The highest BCUT2D eigenvalue weighted by Gasteiger charge is 2.12. The minimum atomic E-state index is 0.381. The first kappa shape index (κ1) is 11.4. The number of halogens is 1. The minimum Gasteiger partial charge on any atom is -0.356 e. The van der Waals surface area contributed by atoms with E-state index < -0.39 is 0 Å². The van der Waals surface area contributed by atoms with Crippen LogP contribution in [0.1, 0.15) is 13.3 Å². The van der Waals surface area contributed by atoms with E-state index in [2.05, 4.69) is 37.7 Å². The third-order valence-corrected chi connectivity index (χ3v) is 2.79. The highest BCUT2D eigenvalue weighted by atomic mass is 79.9. The third-order valence-electron chi connectivity index (χ3n) is 2.23. The summed E-state index contributed by atoms with van der Waals surface area (Å²) >= 11 is 3.42. The first-order valence-corrected chi connectivity index (χ1v) is 5.34. The van der Waals surface area contributed by atoms with Gasteiger partial charge in [0, 0.05) is 19.3 Å². The molecule has 0 fully saturated rings. The first-order chi connectivity index (χ1) is 6.66. The molecule has 0 radical (unpaired) electrons. The molecule has 0 aliphatic heterocycles. The lowest BCUT2D eigenvalue weighted by molar-refractivity contribution is 0.628. The summed E-state index contributed by atoms with van der Waals surface area (Å²) in [4.78, 5) is 10.2. The van der Waals surface area contributed by atoms with Gasteiger partial charge in [-0.05, 0) is 35.8 Å². The summed E-state index contributed by atoms with van der Waals surface area (Å²) in [5.74, 6) is 0.904. The maximum atomic E-state index is 5.51. The maximum Gasteiger partial charge on any atom is 0.146 e. The molecule has 0 spiro atoms. The minimum absolute atomic E-state index is 0.381. The number of nitrogens with zero attached hydrogens (tertiary/aromatic N) is 3. The van der Waals surface area contributed by atoms with E-state index in [0.717, 1.165) is 16.7 Å². The molecule has 2 N–H and O–H groups in total. The lowest BCUT2D eigenvalue weighted by atomic mass is 10.2. The number of hydrogen-bond acceptors (Lipinski definition) is 4. The maximum absolute atomic E-state index is 5.51. The van der Waals surface area contributed by atoms with Crippen molar-refractivity contribution in [3.8, 4) is 0 Å². The Morgan fingerprint density at radius 1 is 1.64 bits per heavy atom. The molecule has 1 unspecified atom stereocenters. The molecule has 0 bridgehead atoms. The van der Waals surface area contributed by atoms with Crippen molar-refractivity contribution in [3.63, 3.8) is 0 Å². The molecule has 4 nitrogen and oxygen atoms in total. The van der Waals surface area contributed by atoms with E-state index in [1.54, 1.807) is 12.5 Å². The van der Waals surface area contributed by atoms with E-state index in [1.807, 2.05) is 7.05 Å². The second kappa shape index (κ2) is 5.26. The van der Waals surface area contributed by atoms with E-state index >= 15 is 0 Å². The summed E-state index contributed by atoms with van der Waals surface area (Å²) in [5, 5.41) is 0. The lowest BCUT2D eigenvalue weighted by Crippen LogP contribution is -2.31. The Labute approximate surface area is 92.7 Å². The number of anilines is 1. The SMILES string of the molecule is CC(CCN)N(C)c1ncncc1Br. The monoisotopic (exact) mass is 258 g/mol. The van der Waals surface area contributed by atoms with Crippen LogP contribution in [0.2, 0.25) is 0 Å². The number of rotatable bonds is 4. The topological polar surface area (TPSA) is 55.0 Å². The van der Waals surface area contributed by atoms with Crippen molar-refractivity contribution in [3.05, 3.63) is 17.0 Å². The Kier molecular flexibility index (Phi) is 4.28. The zero-order valence-electron chi connectivity index (χ0n) is 8.44. The van der Waals surface area contributed by atoms with Gasteiger partial charge in [0.1, 0.15) is 12.1 Å². The third kappa shape index (κ3) is 2.65. The summed E-state index contributed by atoms with van der Waals surface area (Å²) in [6, 6.07) is 0.381. The summed E-state index contributed by atoms with van der Waals surface area (Å²) in [7, 11) is 2.01. The van der Waals surface area contributed by atoms with Crippen molar-refractivity contribution >= 4 is 21.7 Å². The predicted octanol–water partition coefficient (Wildman–Crippen LogP) is 1.41. The van der Waals surface area contributed by atoms with E-state index in [1.165, 1.54) is 0 Å². The van der Waals surface area contributed by atoms with Gasteiger partial charge in [-0.15, -0.1) is 0 Å². The van der Waals surface area contributed by atoms with Crippen molar-refractivity contribution in [1.29, 1.82) is 0 Å². The van der Waals surface area contributed by atoms with E-state index in [0.29, 0.717) is 12.6 Å². The van der Waals surface area contributed by atoms with Crippen molar-refractivity contribution in [2.45, 2.75) is 19.4 Å². The van der Waals surface area contributed by atoms with Gasteiger partial charge in [0.15, 0.2) is 0 Å². The van der Waals surface area contributed by atoms with Gasteiger partial charge in [0.25, 0.3) is 0 Å².